The topological polar surface area (TPSA) is 17.1 Å². The first-order valence-electron chi connectivity index (χ1n) is 8.58. The Bertz CT molecular complexity index is 208. The second-order valence-electron chi connectivity index (χ2n) is 6.68. The molecule has 0 aliphatic rings. The Balaban J connectivity index is 3.31. The summed E-state index contributed by atoms with van der Waals surface area (Å²) in [6.45, 7) is 9.17. The molecule has 0 saturated heterocycles. The third kappa shape index (κ3) is 13.9. The number of ketones is 1. The zero-order valence-corrected chi connectivity index (χ0v) is 13.8. The van der Waals surface area contributed by atoms with Gasteiger partial charge in [0.25, 0.3) is 0 Å². The molecule has 1 heteroatoms. The molecule has 0 aromatic heterocycles. The average Bonchev–Trinajstić information content (AvgIpc) is 2.33. The van der Waals surface area contributed by atoms with Crippen molar-refractivity contribution in [1.82, 2.24) is 0 Å². The molecule has 0 spiro atoms. The van der Waals surface area contributed by atoms with Crippen molar-refractivity contribution in [3.8, 4) is 0 Å². The molecule has 0 rings (SSSR count). The van der Waals surface area contributed by atoms with E-state index in [1.807, 2.05) is 0 Å². The molecule has 0 aliphatic carbocycles. The highest BCUT2D eigenvalue weighted by atomic mass is 16.1. The first-order chi connectivity index (χ1) is 9.06. The molecule has 0 aromatic rings. The van der Waals surface area contributed by atoms with Gasteiger partial charge in [-0.3, -0.25) is 4.79 Å². The molecule has 0 aromatic carbocycles. The second-order valence-corrected chi connectivity index (χ2v) is 6.68. The van der Waals surface area contributed by atoms with Crippen LogP contribution in [-0.2, 0) is 4.79 Å². The Morgan fingerprint density at radius 2 is 1.42 bits per heavy atom. The Labute approximate surface area is 121 Å². The van der Waals surface area contributed by atoms with Crippen LogP contribution in [0.15, 0.2) is 0 Å². The third-order valence-electron chi connectivity index (χ3n) is 3.84. The van der Waals surface area contributed by atoms with Crippen molar-refractivity contribution in [3.63, 3.8) is 0 Å². The quantitative estimate of drug-likeness (QED) is 0.366. The molecule has 0 saturated carbocycles. The summed E-state index contributed by atoms with van der Waals surface area (Å²) < 4.78 is 0. The van der Waals surface area contributed by atoms with Crippen molar-refractivity contribution >= 4 is 5.78 Å². The zero-order chi connectivity index (χ0) is 14.5. The largest absolute Gasteiger partial charge is 0.300 e. The molecule has 0 bridgehead atoms. The maximum atomic E-state index is 11.6. The lowest BCUT2D eigenvalue weighted by Gasteiger charge is -2.13. The molecule has 19 heavy (non-hydrogen) atoms. The fourth-order valence-electron chi connectivity index (χ4n) is 2.79. The van der Waals surface area contributed by atoms with Crippen molar-refractivity contribution < 1.29 is 4.79 Å². The Morgan fingerprint density at radius 3 is 1.95 bits per heavy atom. The van der Waals surface area contributed by atoms with Crippen molar-refractivity contribution in [1.29, 1.82) is 0 Å². The van der Waals surface area contributed by atoms with Crippen molar-refractivity contribution in [2.24, 2.45) is 11.8 Å². The van der Waals surface area contributed by atoms with Crippen molar-refractivity contribution in [3.05, 3.63) is 0 Å². The van der Waals surface area contributed by atoms with Crippen LogP contribution >= 0.6 is 0 Å². The van der Waals surface area contributed by atoms with Crippen LogP contribution in [0, 0.1) is 11.8 Å². The summed E-state index contributed by atoms with van der Waals surface area (Å²) in [5.74, 6) is 2.16. The molecule has 0 aliphatic heterocycles. The van der Waals surface area contributed by atoms with Gasteiger partial charge < -0.3 is 0 Å². The van der Waals surface area contributed by atoms with Crippen molar-refractivity contribution in [2.45, 2.75) is 98.3 Å². The van der Waals surface area contributed by atoms with Crippen LogP contribution < -0.4 is 0 Å². The number of carbonyl (C=O) groups is 1. The van der Waals surface area contributed by atoms with Crippen LogP contribution in [0.1, 0.15) is 98.3 Å². The minimum atomic E-state index is 0.492. The Kier molecular flexibility index (Phi) is 12.5. The van der Waals surface area contributed by atoms with Gasteiger partial charge in [0.15, 0.2) is 0 Å². The van der Waals surface area contributed by atoms with Crippen LogP contribution in [0.3, 0.4) is 0 Å². The molecule has 0 N–H and O–H groups in total. The molecule has 0 heterocycles. The monoisotopic (exact) mass is 268 g/mol. The van der Waals surface area contributed by atoms with E-state index in [0.717, 1.165) is 37.5 Å². The van der Waals surface area contributed by atoms with Gasteiger partial charge in [0, 0.05) is 12.8 Å². The lowest BCUT2D eigenvalue weighted by molar-refractivity contribution is -0.119. The molecular weight excluding hydrogens is 232 g/mol. The molecule has 1 atom stereocenters. The van der Waals surface area contributed by atoms with Gasteiger partial charge in [-0.15, -0.1) is 0 Å². The van der Waals surface area contributed by atoms with E-state index in [1.54, 1.807) is 0 Å². The molecule has 0 fully saturated rings. The van der Waals surface area contributed by atoms with Gasteiger partial charge in [0.05, 0.1) is 0 Å². The summed E-state index contributed by atoms with van der Waals surface area (Å²) in [6, 6.07) is 0. The van der Waals surface area contributed by atoms with Gasteiger partial charge in [-0.05, 0) is 31.1 Å². The predicted octanol–water partition coefficient (Wildman–Crippen LogP) is 6.16. The lowest BCUT2D eigenvalue weighted by atomic mass is 9.93. The molecule has 0 amide bonds. The highest BCUT2D eigenvalue weighted by molar-refractivity contribution is 5.78. The second kappa shape index (κ2) is 12.7. The van der Waals surface area contributed by atoms with Gasteiger partial charge in [-0.25, -0.2) is 0 Å². The summed E-state index contributed by atoms with van der Waals surface area (Å²) in [5.41, 5.74) is 0. The van der Waals surface area contributed by atoms with Crippen LogP contribution in [0.4, 0.5) is 0 Å². The smallest absolute Gasteiger partial charge is 0.132 e. The predicted molar refractivity (Wildman–Crippen MR) is 85.5 cm³/mol. The van der Waals surface area contributed by atoms with Crippen LogP contribution in [0.25, 0.3) is 0 Å². The summed E-state index contributed by atoms with van der Waals surface area (Å²) in [5, 5.41) is 0. The number of Topliss-reactive ketones (excluding diaryl/α,β-unsaturated/α-hetero) is 1. The lowest BCUT2D eigenvalue weighted by Crippen LogP contribution is -2.01. The van der Waals surface area contributed by atoms with E-state index >= 15 is 0 Å². The van der Waals surface area contributed by atoms with Gasteiger partial charge in [-0.2, -0.15) is 0 Å². The van der Waals surface area contributed by atoms with E-state index in [1.165, 1.54) is 44.9 Å². The maximum Gasteiger partial charge on any atom is 0.132 e. The first-order valence-corrected chi connectivity index (χ1v) is 8.58. The normalized spacial score (nSPS) is 12.9. The fourth-order valence-corrected chi connectivity index (χ4v) is 2.79. The fraction of sp³-hybridized carbons (Fsp3) is 0.944. The Hall–Kier alpha value is -0.330. The number of rotatable bonds is 13. The van der Waals surface area contributed by atoms with E-state index in [-0.39, 0.29) is 0 Å². The minimum Gasteiger partial charge on any atom is -0.300 e. The standard InChI is InChI=1S/C18H36O/c1-5-6-7-10-13-18(19)14-11-8-9-12-17(4)15-16(2)3/h16-17H,5-15H2,1-4H3. The number of hydrogen-bond acceptors (Lipinski definition) is 1. The van der Waals surface area contributed by atoms with Crippen molar-refractivity contribution in [2.75, 3.05) is 0 Å². The van der Waals surface area contributed by atoms with Crippen LogP contribution in [-0.4, -0.2) is 5.78 Å². The highest BCUT2D eigenvalue weighted by Crippen LogP contribution is 2.18. The van der Waals surface area contributed by atoms with Crippen LogP contribution in [0.2, 0.25) is 0 Å². The van der Waals surface area contributed by atoms with E-state index in [2.05, 4.69) is 27.7 Å². The van der Waals surface area contributed by atoms with Gasteiger partial charge >= 0.3 is 0 Å². The van der Waals surface area contributed by atoms with Gasteiger partial charge in [0.1, 0.15) is 5.78 Å². The van der Waals surface area contributed by atoms with Gasteiger partial charge in [0.2, 0.25) is 0 Å². The molecule has 1 unspecified atom stereocenters. The summed E-state index contributed by atoms with van der Waals surface area (Å²) in [4.78, 5) is 11.6. The minimum absolute atomic E-state index is 0.492. The maximum absolute atomic E-state index is 11.6. The molecule has 1 nitrogen and oxygen atoms in total. The zero-order valence-electron chi connectivity index (χ0n) is 13.8. The summed E-state index contributed by atoms with van der Waals surface area (Å²) >= 11 is 0. The highest BCUT2D eigenvalue weighted by Gasteiger charge is 2.05. The van der Waals surface area contributed by atoms with Crippen LogP contribution in [0.5, 0.6) is 0 Å². The molecule has 0 radical (unpaired) electrons. The Morgan fingerprint density at radius 1 is 0.842 bits per heavy atom. The first kappa shape index (κ1) is 18.7. The molecular formula is C18H36O. The van der Waals surface area contributed by atoms with E-state index in [9.17, 15) is 4.79 Å². The summed E-state index contributed by atoms with van der Waals surface area (Å²) in [6.07, 6.45) is 12.9. The number of carbonyl (C=O) groups excluding carboxylic acids is 1. The van der Waals surface area contributed by atoms with Gasteiger partial charge in [-0.1, -0.05) is 66.2 Å². The number of hydrogen-bond donors (Lipinski definition) is 0. The molecule has 114 valence electrons. The average molecular weight is 268 g/mol. The third-order valence-corrected chi connectivity index (χ3v) is 3.84. The van der Waals surface area contributed by atoms with E-state index in [0.29, 0.717) is 5.78 Å². The van der Waals surface area contributed by atoms with E-state index in [4.69, 9.17) is 0 Å². The van der Waals surface area contributed by atoms with E-state index < -0.39 is 0 Å². The SMILES string of the molecule is CCCCCCC(=O)CCCCCC(C)CC(C)C. The number of unbranched alkanes of at least 4 members (excludes halogenated alkanes) is 5. The summed E-state index contributed by atoms with van der Waals surface area (Å²) in [7, 11) is 0.